The van der Waals surface area contributed by atoms with Crippen molar-refractivity contribution in [2.75, 3.05) is 5.32 Å². The number of aryl methyl sites for hydroxylation is 1. The Morgan fingerprint density at radius 1 is 1.10 bits per heavy atom. The van der Waals surface area contributed by atoms with E-state index in [9.17, 15) is 0 Å². The molecule has 0 aliphatic carbocycles. The largest absolute Gasteiger partial charge is 0.381 e. The van der Waals surface area contributed by atoms with Crippen molar-refractivity contribution < 1.29 is 0 Å². The van der Waals surface area contributed by atoms with Crippen LogP contribution in [0.1, 0.15) is 49.2 Å². The summed E-state index contributed by atoms with van der Waals surface area (Å²) < 4.78 is 2.36. The highest BCUT2D eigenvalue weighted by Crippen LogP contribution is 2.19. The molecule has 1 N–H and O–H groups in total. The summed E-state index contributed by atoms with van der Waals surface area (Å²) in [5.41, 5.74) is 6.68. The number of aromatic nitrogens is 1. The van der Waals surface area contributed by atoms with Crippen LogP contribution in [0.15, 0.2) is 30.3 Å². The Morgan fingerprint density at radius 2 is 1.75 bits per heavy atom. The first-order chi connectivity index (χ1) is 9.52. The maximum Gasteiger partial charge on any atom is 0.0418 e. The normalized spacial score (nSPS) is 11.1. The van der Waals surface area contributed by atoms with Crippen LogP contribution in [-0.4, -0.2) is 4.57 Å². The van der Waals surface area contributed by atoms with Gasteiger partial charge in [-0.1, -0.05) is 26.0 Å². The van der Waals surface area contributed by atoms with E-state index in [4.69, 9.17) is 0 Å². The molecule has 2 nitrogen and oxygen atoms in total. The topological polar surface area (TPSA) is 17.0 Å². The lowest BCUT2D eigenvalue weighted by atomic mass is 10.0. The molecular formula is C18H26N2. The molecule has 0 aliphatic heterocycles. The van der Waals surface area contributed by atoms with Crippen LogP contribution >= 0.6 is 0 Å². The molecule has 0 fully saturated rings. The van der Waals surface area contributed by atoms with Crippen molar-refractivity contribution in [3.63, 3.8) is 0 Å². The van der Waals surface area contributed by atoms with Crippen molar-refractivity contribution in [1.29, 1.82) is 0 Å². The highest BCUT2D eigenvalue weighted by molar-refractivity contribution is 5.46. The van der Waals surface area contributed by atoms with E-state index in [1.165, 1.54) is 28.2 Å². The van der Waals surface area contributed by atoms with Crippen LogP contribution in [0.3, 0.4) is 0 Å². The maximum atomic E-state index is 3.52. The van der Waals surface area contributed by atoms with Gasteiger partial charge in [-0.25, -0.2) is 0 Å². The molecular weight excluding hydrogens is 244 g/mol. The van der Waals surface area contributed by atoms with Crippen LogP contribution in [0.25, 0.3) is 0 Å². The van der Waals surface area contributed by atoms with Gasteiger partial charge in [0.25, 0.3) is 0 Å². The third-order valence-corrected chi connectivity index (χ3v) is 4.06. The summed E-state index contributed by atoms with van der Waals surface area (Å²) in [4.78, 5) is 0. The molecule has 0 atom stereocenters. The van der Waals surface area contributed by atoms with Gasteiger partial charge in [0.1, 0.15) is 0 Å². The minimum absolute atomic E-state index is 0.590. The molecule has 108 valence electrons. The van der Waals surface area contributed by atoms with E-state index in [1.807, 2.05) is 0 Å². The molecule has 1 aromatic carbocycles. The lowest BCUT2D eigenvalue weighted by Gasteiger charge is -2.10. The predicted molar refractivity (Wildman–Crippen MR) is 87.4 cm³/mol. The van der Waals surface area contributed by atoms with E-state index in [1.54, 1.807) is 0 Å². The molecule has 0 spiro atoms. The van der Waals surface area contributed by atoms with Gasteiger partial charge in [0, 0.05) is 30.2 Å². The van der Waals surface area contributed by atoms with Gasteiger partial charge in [-0.05, 0) is 56.0 Å². The summed E-state index contributed by atoms with van der Waals surface area (Å²) in [5.74, 6) is 0.590. The summed E-state index contributed by atoms with van der Waals surface area (Å²) in [6, 6.07) is 11.1. The SMILES string of the molecule is CCn1c(C)cc(CNc2ccc(C(C)C)cc2)c1C. The zero-order valence-corrected chi connectivity index (χ0v) is 13.3. The lowest BCUT2D eigenvalue weighted by Crippen LogP contribution is -2.03. The molecule has 0 saturated heterocycles. The van der Waals surface area contributed by atoms with Gasteiger partial charge >= 0.3 is 0 Å². The summed E-state index contributed by atoms with van der Waals surface area (Å²) in [5, 5.41) is 3.52. The second-order valence-electron chi connectivity index (χ2n) is 5.77. The third kappa shape index (κ3) is 3.06. The van der Waals surface area contributed by atoms with Crippen molar-refractivity contribution in [1.82, 2.24) is 4.57 Å². The minimum Gasteiger partial charge on any atom is -0.381 e. The Bertz CT molecular complexity index is 562. The van der Waals surface area contributed by atoms with Crippen LogP contribution in [-0.2, 0) is 13.1 Å². The highest BCUT2D eigenvalue weighted by Gasteiger charge is 2.07. The lowest BCUT2D eigenvalue weighted by molar-refractivity contribution is 0.715. The average molecular weight is 270 g/mol. The number of hydrogen-bond donors (Lipinski definition) is 1. The molecule has 0 bridgehead atoms. The van der Waals surface area contributed by atoms with Crippen LogP contribution in [0, 0.1) is 13.8 Å². The Morgan fingerprint density at radius 3 is 2.25 bits per heavy atom. The van der Waals surface area contributed by atoms with Crippen LogP contribution in [0.2, 0.25) is 0 Å². The number of rotatable bonds is 5. The van der Waals surface area contributed by atoms with Gasteiger partial charge in [-0.15, -0.1) is 0 Å². The zero-order chi connectivity index (χ0) is 14.7. The summed E-state index contributed by atoms with van der Waals surface area (Å²) in [6.07, 6.45) is 0. The highest BCUT2D eigenvalue weighted by atomic mass is 15.0. The molecule has 0 unspecified atom stereocenters. The van der Waals surface area contributed by atoms with E-state index in [-0.39, 0.29) is 0 Å². The molecule has 0 saturated carbocycles. The first-order valence-electron chi connectivity index (χ1n) is 7.52. The fourth-order valence-corrected chi connectivity index (χ4v) is 2.72. The molecule has 2 rings (SSSR count). The molecule has 0 radical (unpaired) electrons. The summed E-state index contributed by atoms with van der Waals surface area (Å²) in [6.45, 7) is 13.0. The van der Waals surface area contributed by atoms with Crippen molar-refractivity contribution >= 4 is 5.69 Å². The van der Waals surface area contributed by atoms with E-state index in [0.717, 1.165) is 13.1 Å². The van der Waals surface area contributed by atoms with E-state index >= 15 is 0 Å². The number of benzene rings is 1. The molecule has 20 heavy (non-hydrogen) atoms. The van der Waals surface area contributed by atoms with E-state index in [2.05, 4.69) is 74.8 Å². The van der Waals surface area contributed by atoms with E-state index in [0.29, 0.717) is 5.92 Å². The number of hydrogen-bond acceptors (Lipinski definition) is 1. The Kier molecular flexibility index (Phi) is 4.53. The van der Waals surface area contributed by atoms with Crippen LogP contribution in [0.5, 0.6) is 0 Å². The molecule has 0 aliphatic rings. The van der Waals surface area contributed by atoms with Gasteiger partial charge in [0.15, 0.2) is 0 Å². The molecule has 2 aromatic rings. The third-order valence-electron chi connectivity index (χ3n) is 4.06. The van der Waals surface area contributed by atoms with Crippen LogP contribution in [0.4, 0.5) is 5.69 Å². The fourth-order valence-electron chi connectivity index (χ4n) is 2.72. The Hall–Kier alpha value is -1.70. The first-order valence-corrected chi connectivity index (χ1v) is 7.52. The summed E-state index contributed by atoms with van der Waals surface area (Å²) >= 11 is 0. The fraction of sp³-hybridized carbons (Fsp3) is 0.444. The van der Waals surface area contributed by atoms with Crippen molar-refractivity contribution in [2.24, 2.45) is 0 Å². The van der Waals surface area contributed by atoms with Crippen molar-refractivity contribution in [3.8, 4) is 0 Å². The van der Waals surface area contributed by atoms with Gasteiger partial charge in [-0.3, -0.25) is 0 Å². The van der Waals surface area contributed by atoms with Crippen LogP contribution < -0.4 is 5.32 Å². The average Bonchev–Trinajstić information content (AvgIpc) is 2.71. The van der Waals surface area contributed by atoms with Crippen molar-refractivity contribution in [3.05, 3.63) is 52.8 Å². The Balaban J connectivity index is 2.05. The molecule has 1 aromatic heterocycles. The second kappa shape index (κ2) is 6.17. The van der Waals surface area contributed by atoms with Gasteiger partial charge in [0.05, 0.1) is 0 Å². The maximum absolute atomic E-state index is 3.52. The number of nitrogens with zero attached hydrogens (tertiary/aromatic N) is 1. The van der Waals surface area contributed by atoms with Gasteiger partial charge < -0.3 is 9.88 Å². The summed E-state index contributed by atoms with van der Waals surface area (Å²) in [7, 11) is 0. The smallest absolute Gasteiger partial charge is 0.0418 e. The standard InChI is InChI=1S/C18H26N2/c1-6-20-14(4)11-17(15(20)5)12-19-18-9-7-16(8-10-18)13(2)3/h7-11,13,19H,6,12H2,1-5H3. The zero-order valence-electron chi connectivity index (χ0n) is 13.3. The Labute approximate surface area is 122 Å². The molecule has 1 heterocycles. The number of anilines is 1. The monoisotopic (exact) mass is 270 g/mol. The molecule has 0 amide bonds. The van der Waals surface area contributed by atoms with E-state index < -0.39 is 0 Å². The minimum atomic E-state index is 0.590. The quantitative estimate of drug-likeness (QED) is 0.821. The molecule has 2 heteroatoms. The number of nitrogens with one attached hydrogen (secondary N) is 1. The van der Waals surface area contributed by atoms with Crippen molar-refractivity contribution in [2.45, 2.75) is 53.6 Å². The first kappa shape index (κ1) is 14.7. The van der Waals surface area contributed by atoms with Gasteiger partial charge in [-0.2, -0.15) is 0 Å². The second-order valence-corrected chi connectivity index (χ2v) is 5.77. The predicted octanol–water partition coefficient (Wildman–Crippen LogP) is 4.86. The van der Waals surface area contributed by atoms with Gasteiger partial charge in [0.2, 0.25) is 0 Å².